The zero-order chi connectivity index (χ0) is 15.3. The summed E-state index contributed by atoms with van der Waals surface area (Å²) in [5.41, 5.74) is 11.0. The first-order valence-corrected chi connectivity index (χ1v) is 7.54. The van der Waals surface area contributed by atoms with Crippen LogP contribution in [0.1, 0.15) is 51.7 Å². The molecule has 21 heavy (non-hydrogen) atoms. The van der Waals surface area contributed by atoms with Gasteiger partial charge in [0.15, 0.2) is 0 Å². The van der Waals surface area contributed by atoms with E-state index in [1.54, 1.807) is 6.07 Å². The van der Waals surface area contributed by atoms with Gasteiger partial charge in [-0.15, -0.1) is 10.2 Å². The lowest BCUT2D eigenvalue weighted by Crippen LogP contribution is -2.33. The van der Waals surface area contributed by atoms with Crippen LogP contribution >= 0.6 is 0 Å². The highest BCUT2D eigenvalue weighted by Crippen LogP contribution is 2.46. The third-order valence-electron chi connectivity index (χ3n) is 4.83. The standard InChI is InChI=1S/C18H23N3/c1-17(2)9-10-18(3,4)14-11-12(5-6-13(14)17)15-7-8-16(19)21-20-15/h5-8,11H,9-10H2,1-4H3,(H2,19,21). The Labute approximate surface area is 126 Å². The molecular weight excluding hydrogens is 258 g/mol. The summed E-state index contributed by atoms with van der Waals surface area (Å²) in [5.74, 6) is 0.457. The number of hydrogen-bond acceptors (Lipinski definition) is 3. The lowest BCUT2D eigenvalue weighted by Gasteiger charge is -2.42. The van der Waals surface area contributed by atoms with Crippen molar-refractivity contribution in [2.45, 2.75) is 51.4 Å². The first kappa shape index (κ1) is 14.1. The SMILES string of the molecule is CC1(C)CCC(C)(C)c2cc(-c3ccc(N)nn3)ccc21. The maximum Gasteiger partial charge on any atom is 0.146 e. The maximum atomic E-state index is 5.62. The molecule has 1 aliphatic rings. The second-order valence-electron chi connectivity index (χ2n) is 7.37. The van der Waals surface area contributed by atoms with Crippen molar-refractivity contribution in [1.82, 2.24) is 10.2 Å². The maximum absolute atomic E-state index is 5.62. The fourth-order valence-electron chi connectivity index (χ4n) is 3.24. The predicted octanol–water partition coefficient (Wildman–Crippen LogP) is 4.07. The quantitative estimate of drug-likeness (QED) is 0.857. The summed E-state index contributed by atoms with van der Waals surface area (Å²) in [4.78, 5) is 0. The summed E-state index contributed by atoms with van der Waals surface area (Å²) < 4.78 is 0. The van der Waals surface area contributed by atoms with Crippen molar-refractivity contribution in [1.29, 1.82) is 0 Å². The molecule has 1 aromatic heterocycles. The minimum atomic E-state index is 0.210. The van der Waals surface area contributed by atoms with E-state index in [1.807, 2.05) is 6.07 Å². The molecule has 2 N–H and O–H groups in total. The number of aromatic nitrogens is 2. The van der Waals surface area contributed by atoms with Crippen molar-refractivity contribution < 1.29 is 0 Å². The Balaban J connectivity index is 2.14. The van der Waals surface area contributed by atoms with Gasteiger partial charge in [0, 0.05) is 5.56 Å². The molecule has 0 radical (unpaired) electrons. The molecule has 0 atom stereocenters. The van der Waals surface area contributed by atoms with Gasteiger partial charge >= 0.3 is 0 Å². The average molecular weight is 281 g/mol. The molecule has 1 heterocycles. The summed E-state index contributed by atoms with van der Waals surface area (Å²) in [6, 6.07) is 10.4. The summed E-state index contributed by atoms with van der Waals surface area (Å²) in [7, 11) is 0. The van der Waals surface area contributed by atoms with E-state index in [4.69, 9.17) is 5.73 Å². The van der Waals surface area contributed by atoms with Crippen molar-refractivity contribution in [2.24, 2.45) is 0 Å². The molecule has 110 valence electrons. The summed E-state index contributed by atoms with van der Waals surface area (Å²) in [6.07, 6.45) is 2.44. The molecule has 1 aromatic carbocycles. The molecule has 0 bridgehead atoms. The van der Waals surface area contributed by atoms with Gasteiger partial charge in [0.05, 0.1) is 5.69 Å². The predicted molar refractivity (Wildman–Crippen MR) is 87.2 cm³/mol. The van der Waals surface area contributed by atoms with Crippen LogP contribution in [0.4, 0.5) is 5.82 Å². The van der Waals surface area contributed by atoms with Crippen LogP contribution < -0.4 is 5.73 Å². The van der Waals surface area contributed by atoms with E-state index in [0.29, 0.717) is 5.82 Å². The molecule has 1 aliphatic carbocycles. The van der Waals surface area contributed by atoms with Crippen molar-refractivity contribution in [3.63, 3.8) is 0 Å². The van der Waals surface area contributed by atoms with Gasteiger partial charge in [-0.05, 0) is 53.0 Å². The number of anilines is 1. The van der Waals surface area contributed by atoms with Gasteiger partial charge < -0.3 is 5.73 Å². The van der Waals surface area contributed by atoms with E-state index in [2.05, 4.69) is 56.1 Å². The monoisotopic (exact) mass is 281 g/mol. The Hall–Kier alpha value is -1.90. The van der Waals surface area contributed by atoms with E-state index < -0.39 is 0 Å². The molecule has 2 aromatic rings. The number of hydrogen-bond donors (Lipinski definition) is 1. The molecule has 0 spiro atoms. The normalized spacial score (nSPS) is 19.0. The van der Waals surface area contributed by atoms with E-state index in [9.17, 15) is 0 Å². The lowest BCUT2D eigenvalue weighted by atomic mass is 9.63. The third kappa shape index (κ3) is 2.41. The zero-order valence-corrected chi connectivity index (χ0v) is 13.3. The zero-order valence-electron chi connectivity index (χ0n) is 13.3. The van der Waals surface area contributed by atoms with E-state index in [0.717, 1.165) is 11.3 Å². The van der Waals surface area contributed by atoms with Gasteiger partial charge in [0.2, 0.25) is 0 Å². The van der Waals surface area contributed by atoms with Gasteiger partial charge in [-0.25, -0.2) is 0 Å². The molecule has 0 aliphatic heterocycles. The summed E-state index contributed by atoms with van der Waals surface area (Å²) in [5, 5.41) is 8.17. The molecular formula is C18H23N3. The first-order chi connectivity index (χ1) is 9.79. The van der Waals surface area contributed by atoms with Crippen LogP contribution in [0.15, 0.2) is 30.3 Å². The largest absolute Gasteiger partial charge is 0.382 e. The van der Waals surface area contributed by atoms with Crippen LogP contribution in [0.25, 0.3) is 11.3 Å². The summed E-state index contributed by atoms with van der Waals surface area (Å²) in [6.45, 7) is 9.34. The highest BCUT2D eigenvalue weighted by Gasteiger charge is 2.36. The van der Waals surface area contributed by atoms with Crippen LogP contribution in [0.3, 0.4) is 0 Å². The molecule has 0 fully saturated rings. The number of fused-ring (bicyclic) bond motifs is 1. The van der Waals surface area contributed by atoms with Crippen LogP contribution in [-0.2, 0) is 10.8 Å². The van der Waals surface area contributed by atoms with Gasteiger partial charge in [-0.3, -0.25) is 0 Å². The van der Waals surface area contributed by atoms with Gasteiger partial charge in [-0.2, -0.15) is 0 Å². The minimum absolute atomic E-state index is 0.210. The molecule has 3 rings (SSSR count). The van der Waals surface area contributed by atoms with Crippen molar-refractivity contribution in [3.8, 4) is 11.3 Å². The van der Waals surface area contributed by atoms with E-state index in [1.165, 1.54) is 24.0 Å². The second-order valence-corrected chi connectivity index (χ2v) is 7.37. The second kappa shape index (κ2) is 4.55. The average Bonchev–Trinajstić information content (AvgIpc) is 2.45. The van der Waals surface area contributed by atoms with Gasteiger partial charge in [-0.1, -0.05) is 39.8 Å². The minimum Gasteiger partial charge on any atom is -0.382 e. The van der Waals surface area contributed by atoms with Crippen LogP contribution in [0.2, 0.25) is 0 Å². The van der Waals surface area contributed by atoms with E-state index in [-0.39, 0.29) is 10.8 Å². The van der Waals surface area contributed by atoms with E-state index >= 15 is 0 Å². The highest BCUT2D eigenvalue weighted by atomic mass is 15.1. The van der Waals surface area contributed by atoms with Crippen LogP contribution in [-0.4, -0.2) is 10.2 Å². The molecule has 0 unspecified atom stereocenters. The number of nitrogens with two attached hydrogens (primary N) is 1. The number of nitrogens with zero attached hydrogens (tertiary/aromatic N) is 2. The fourth-order valence-corrected chi connectivity index (χ4v) is 3.24. The van der Waals surface area contributed by atoms with Crippen LogP contribution in [0.5, 0.6) is 0 Å². The number of rotatable bonds is 1. The van der Waals surface area contributed by atoms with Crippen molar-refractivity contribution in [2.75, 3.05) is 5.73 Å². The summed E-state index contributed by atoms with van der Waals surface area (Å²) >= 11 is 0. The Kier molecular flexibility index (Phi) is 3.05. The van der Waals surface area contributed by atoms with Crippen LogP contribution in [0, 0.1) is 0 Å². The third-order valence-corrected chi connectivity index (χ3v) is 4.83. The Morgan fingerprint density at radius 1 is 0.857 bits per heavy atom. The Morgan fingerprint density at radius 2 is 1.52 bits per heavy atom. The Morgan fingerprint density at radius 3 is 2.14 bits per heavy atom. The molecule has 0 saturated heterocycles. The lowest BCUT2D eigenvalue weighted by molar-refractivity contribution is 0.332. The number of nitrogen functional groups attached to an aromatic ring is 1. The topological polar surface area (TPSA) is 51.8 Å². The molecule has 0 amide bonds. The molecule has 3 heteroatoms. The number of benzene rings is 1. The molecule has 3 nitrogen and oxygen atoms in total. The molecule has 0 saturated carbocycles. The van der Waals surface area contributed by atoms with Crippen molar-refractivity contribution in [3.05, 3.63) is 41.5 Å². The van der Waals surface area contributed by atoms with Gasteiger partial charge in [0.1, 0.15) is 5.82 Å². The Bertz CT molecular complexity index is 669. The van der Waals surface area contributed by atoms with Gasteiger partial charge in [0.25, 0.3) is 0 Å². The first-order valence-electron chi connectivity index (χ1n) is 7.54. The fraction of sp³-hybridized carbons (Fsp3) is 0.444. The highest BCUT2D eigenvalue weighted by molar-refractivity contribution is 5.63. The smallest absolute Gasteiger partial charge is 0.146 e. The van der Waals surface area contributed by atoms with Crippen molar-refractivity contribution >= 4 is 5.82 Å².